The van der Waals surface area contributed by atoms with Crippen LogP contribution in [0.5, 0.6) is 0 Å². The highest BCUT2D eigenvalue weighted by atomic mass is 14.9. The van der Waals surface area contributed by atoms with Gasteiger partial charge in [-0.15, -0.1) is 0 Å². The van der Waals surface area contributed by atoms with Crippen molar-refractivity contribution >= 4 is 6.72 Å². The van der Waals surface area contributed by atoms with Gasteiger partial charge in [0.2, 0.25) is 0 Å². The first-order valence-electron chi connectivity index (χ1n) is 4.25. The Morgan fingerprint density at radius 2 is 1.83 bits per heavy atom. The zero-order valence-electron chi connectivity index (χ0n) is 7.88. The lowest BCUT2D eigenvalue weighted by Gasteiger charge is -1.98. The average Bonchev–Trinajstić information content (AvgIpc) is 2.03. The van der Waals surface area contributed by atoms with Crippen molar-refractivity contribution < 1.29 is 4.58 Å². The highest BCUT2D eigenvalue weighted by molar-refractivity contribution is 5.21. The van der Waals surface area contributed by atoms with Gasteiger partial charge in [0, 0.05) is 6.42 Å². The minimum absolute atomic E-state index is 1.02. The van der Waals surface area contributed by atoms with Crippen molar-refractivity contribution in [3.8, 4) is 0 Å². The summed E-state index contributed by atoms with van der Waals surface area (Å²) in [4.78, 5) is 0. The van der Waals surface area contributed by atoms with E-state index in [0.29, 0.717) is 0 Å². The summed E-state index contributed by atoms with van der Waals surface area (Å²) in [7, 11) is 1.99. The van der Waals surface area contributed by atoms with Gasteiger partial charge in [-0.2, -0.15) is 0 Å². The zero-order chi connectivity index (χ0) is 8.97. The fourth-order valence-electron chi connectivity index (χ4n) is 1.07. The van der Waals surface area contributed by atoms with Crippen molar-refractivity contribution in [1.82, 2.24) is 0 Å². The third kappa shape index (κ3) is 2.87. The molecule has 12 heavy (non-hydrogen) atoms. The molecule has 1 nitrogen and oxygen atoms in total. The Morgan fingerprint density at radius 1 is 1.25 bits per heavy atom. The van der Waals surface area contributed by atoms with E-state index in [-0.39, 0.29) is 0 Å². The summed E-state index contributed by atoms with van der Waals surface area (Å²) in [6.45, 7) is 6.93. The van der Waals surface area contributed by atoms with Gasteiger partial charge in [-0.1, -0.05) is 29.8 Å². The number of aryl methyl sites for hydroxylation is 1. The molecule has 0 aliphatic rings. The van der Waals surface area contributed by atoms with Gasteiger partial charge >= 0.3 is 0 Å². The molecule has 0 heterocycles. The smallest absolute Gasteiger partial charge is 0.146 e. The van der Waals surface area contributed by atoms with E-state index in [9.17, 15) is 0 Å². The maximum absolute atomic E-state index is 3.80. The molecule has 1 aromatic rings. The average molecular weight is 162 g/mol. The number of hydrogen-bond donors (Lipinski definition) is 0. The van der Waals surface area contributed by atoms with E-state index in [1.54, 1.807) is 0 Å². The summed E-state index contributed by atoms with van der Waals surface area (Å²) in [5.74, 6) is 0. The fraction of sp³-hybridized carbons (Fsp3) is 0.364. The molecule has 0 bridgehead atoms. The Morgan fingerprint density at radius 3 is 2.33 bits per heavy atom. The highest BCUT2D eigenvalue weighted by Crippen LogP contribution is 2.03. The second kappa shape index (κ2) is 4.05. The molecule has 1 aromatic carbocycles. The van der Waals surface area contributed by atoms with Crippen LogP contribution in [0.3, 0.4) is 0 Å². The van der Waals surface area contributed by atoms with Gasteiger partial charge in [-0.05, 0) is 12.5 Å². The van der Waals surface area contributed by atoms with Gasteiger partial charge in [-0.3, -0.25) is 0 Å². The molecular formula is C11H16N+. The molecule has 0 N–H and O–H groups in total. The lowest BCUT2D eigenvalue weighted by molar-refractivity contribution is -0.487. The van der Waals surface area contributed by atoms with Crippen molar-refractivity contribution in [2.75, 3.05) is 13.6 Å². The Labute approximate surface area is 74.4 Å². The van der Waals surface area contributed by atoms with Crippen LogP contribution in [-0.2, 0) is 6.42 Å². The Balaban J connectivity index is 2.53. The summed E-state index contributed by atoms with van der Waals surface area (Å²) >= 11 is 0. The molecule has 0 aliphatic heterocycles. The van der Waals surface area contributed by atoms with E-state index in [2.05, 4.69) is 37.9 Å². The summed E-state index contributed by atoms with van der Waals surface area (Å²) < 4.78 is 1.96. The van der Waals surface area contributed by atoms with E-state index < -0.39 is 0 Å². The van der Waals surface area contributed by atoms with E-state index in [0.717, 1.165) is 13.0 Å². The van der Waals surface area contributed by atoms with Gasteiger partial charge in [0.15, 0.2) is 0 Å². The number of nitrogens with zero attached hydrogens (tertiary/aromatic N) is 1. The van der Waals surface area contributed by atoms with Crippen LogP contribution < -0.4 is 0 Å². The van der Waals surface area contributed by atoms with Crippen LogP contribution in [0, 0.1) is 6.92 Å². The molecule has 0 fully saturated rings. The van der Waals surface area contributed by atoms with E-state index >= 15 is 0 Å². The Kier molecular flexibility index (Phi) is 3.03. The molecule has 1 heteroatoms. The Hall–Kier alpha value is -1.11. The summed E-state index contributed by atoms with van der Waals surface area (Å²) in [5.41, 5.74) is 2.71. The van der Waals surface area contributed by atoms with Crippen LogP contribution >= 0.6 is 0 Å². The lowest BCUT2D eigenvalue weighted by atomic mass is 10.1. The summed E-state index contributed by atoms with van der Waals surface area (Å²) in [5, 5.41) is 0. The molecule has 1 rings (SSSR count). The van der Waals surface area contributed by atoms with Gasteiger partial charge in [0.05, 0.1) is 0 Å². The number of hydrogen-bond acceptors (Lipinski definition) is 0. The quantitative estimate of drug-likeness (QED) is 0.471. The number of rotatable bonds is 3. The van der Waals surface area contributed by atoms with Gasteiger partial charge in [-0.25, -0.2) is 4.58 Å². The number of likely N-dealkylation sites (N-methyl/N-ethyl adjacent to an activating group) is 1. The largest absolute Gasteiger partial charge is 0.245 e. The minimum atomic E-state index is 1.02. The molecule has 0 saturated heterocycles. The standard InChI is InChI=1S/C11H16N/c1-10-4-6-11(7-5-10)8-9-12(2)3/h4-7H,2,8-9H2,1,3H3/q+1. The van der Waals surface area contributed by atoms with Crippen molar-refractivity contribution in [2.45, 2.75) is 13.3 Å². The van der Waals surface area contributed by atoms with Gasteiger partial charge in [0.1, 0.15) is 20.3 Å². The van der Waals surface area contributed by atoms with Gasteiger partial charge < -0.3 is 0 Å². The topological polar surface area (TPSA) is 3.01 Å². The third-order valence-electron chi connectivity index (χ3n) is 1.90. The summed E-state index contributed by atoms with van der Waals surface area (Å²) in [6, 6.07) is 8.66. The molecule has 0 aliphatic carbocycles. The van der Waals surface area contributed by atoms with E-state index in [1.807, 2.05) is 11.6 Å². The fourth-order valence-corrected chi connectivity index (χ4v) is 1.07. The van der Waals surface area contributed by atoms with E-state index in [4.69, 9.17) is 0 Å². The normalized spacial score (nSPS) is 9.83. The molecular weight excluding hydrogens is 146 g/mol. The van der Waals surface area contributed by atoms with Crippen LogP contribution in [0.25, 0.3) is 0 Å². The van der Waals surface area contributed by atoms with E-state index in [1.165, 1.54) is 11.1 Å². The van der Waals surface area contributed by atoms with Crippen molar-refractivity contribution in [2.24, 2.45) is 0 Å². The van der Waals surface area contributed by atoms with Gasteiger partial charge in [0.25, 0.3) is 0 Å². The molecule has 0 unspecified atom stereocenters. The molecule has 0 aromatic heterocycles. The highest BCUT2D eigenvalue weighted by Gasteiger charge is 1.95. The molecule has 0 amide bonds. The first-order chi connectivity index (χ1) is 5.68. The first-order valence-corrected chi connectivity index (χ1v) is 4.25. The molecule has 0 radical (unpaired) electrons. The molecule has 0 saturated carbocycles. The lowest BCUT2D eigenvalue weighted by Crippen LogP contribution is -2.06. The SMILES string of the molecule is C=[N+](C)CCc1ccc(C)cc1. The predicted molar refractivity (Wildman–Crippen MR) is 53.1 cm³/mol. The van der Waals surface area contributed by atoms with Crippen molar-refractivity contribution in [3.05, 3.63) is 35.4 Å². The first kappa shape index (κ1) is 8.98. The van der Waals surface area contributed by atoms with Crippen LogP contribution in [0.2, 0.25) is 0 Å². The van der Waals surface area contributed by atoms with Crippen LogP contribution in [-0.4, -0.2) is 24.9 Å². The maximum Gasteiger partial charge on any atom is 0.146 e. The summed E-state index contributed by atoms with van der Waals surface area (Å²) in [6.07, 6.45) is 1.08. The zero-order valence-corrected chi connectivity index (χ0v) is 7.88. The second-order valence-corrected chi connectivity index (χ2v) is 3.32. The predicted octanol–water partition coefficient (Wildman–Crippen LogP) is 1.88. The van der Waals surface area contributed by atoms with Crippen molar-refractivity contribution in [3.63, 3.8) is 0 Å². The molecule has 0 spiro atoms. The molecule has 64 valence electrons. The number of benzene rings is 1. The monoisotopic (exact) mass is 162 g/mol. The molecule has 0 atom stereocenters. The minimum Gasteiger partial charge on any atom is -0.245 e. The third-order valence-corrected chi connectivity index (χ3v) is 1.90. The van der Waals surface area contributed by atoms with Crippen LogP contribution in [0.15, 0.2) is 24.3 Å². The Bertz CT molecular complexity index is 259. The van der Waals surface area contributed by atoms with Crippen LogP contribution in [0.4, 0.5) is 0 Å². The second-order valence-electron chi connectivity index (χ2n) is 3.32. The van der Waals surface area contributed by atoms with Crippen LogP contribution in [0.1, 0.15) is 11.1 Å². The maximum atomic E-state index is 3.80. The van der Waals surface area contributed by atoms with Crippen molar-refractivity contribution in [1.29, 1.82) is 0 Å².